The van der Waals surface area contributed by atoms with Crippen LogP contribution in [0.4, 0.5) is 38.0 Å². The molecule has 0 unspecified atom stereocenters. The predicted molar refractivity (Wildman–Crippen MR) is 57.9 cm³/mol. The van der Waals surface area contributed by atoms with Crippen LogP contribution in [0.2, 0.25) is 0 Å². The molecule has 1 rings (SSSR count). The summed E-state index contributed by atoms with van der Waals surface area (Å²) in [5.41, 5.74) is -1.07. The highest BCUT2D eigenvalue weighted by atomic mass is 19.4. The quantitative estimate of drug-likeness (QED) is 0.832. The van der Waals surface area contributed by atoms with Gasteiger partial charge in [-0.2, -0.15) is 26.3 Å². The van der Waals surface area contributed by atoms with E-state index in [-0.39, 0.29) is 5.82 Å². The standard InChI is InChI=1S/C10H11F6N3/c1-2-17-7-3-6(10(14,15)16)4-8(19-7)18-5-9(11,12)13/h3-4H,2,5H2,1H3,(H2,17,18,19). The number of hydrogen-bond donors (Lipinski definition) is 2. The molecule has 19 heavy (non-hydrogen) atoms. The third-order valence-corrected chi connectivity index (χ3v) is 1.98. The van der Waals surface area contributed by atoms with Crippen LogP contribution in [0.15, 0.2) is 12.1 Å². The van der Waals surface area contributed by atoms with Crippen LogP contribution in [0.5, 0.6) is 0 Å². The summed E-state index contributed by atoms with van der Waals surface area (Å²) in [6, 6.07) is 1.27. The zero-order valence-electron chi connectivity index (χ0n) is 9.78. The Labute approximate surface area is 105 Å². The lowest BCUT2D eigenvalue weighted by Crippen LogP contribution is -2.22. The molecule has 0 aliphatic heterocycles. The van der Waals surface area contributed by atoms with Crippen LogP contribution in [0.25, 0.3) is 0 Å². The minimum atomic E-state index is -4.65. The van der Waals surface area contributed by atoms with Crippen molar-refractivity contribution < 1.29 is 26.3 Å². The number of nitrogens with one attached hydrogen (secondary N) is 2. The van der Waals surface area contributed by atoms with Crippen LogP contribution in [-0.4, -0.2) is 24.2 Å². The van der Waals surface area contributed by atoms with Crippen molar-refractivity contribution >= 4 is 11.6 Å². The molecule has 2 N–H and O–H groups in total. The maximum Gasteiger partial charge on any atom is 0.416 e. The second-order valence-electron chi connectivity index (χ2n) is 3.62. The number of hydrogen-bond acceptors (Lipinski definition) is 3. The second kappa shape index (κ2) is 5.54. The topological polar surface area (TPSA) is 37.0 Å². The number of alkyl halides is 6. The van der Waals surface area contributed by atoms with Gasteiger partial charge in [0.2, 0.25) is 0 Å². The van der Waals surface area contributed by atoms with E-state index in [1.165, 1.54) is 0 Å². The molecule has 0 aliphatic rings. The van der Waals surface area contributed by atoms with Crippen molar-refractivity contribution in [2.45, 2.75) is 19.3 Å². The molecule has 1 aromatic rings. The van der Waals surface area contributed by atoms with E-state index in [2.05, 4.69) is 10.3 Å². The van der Waals surface area contributed by atoms with Crippen LogP contribution >= 0.6 is 0 Å². The van der Waals surface area contributed by atoms with E-state index >= 15 is 0 Å². The van der Waals surface area contributed by atoms with Gasteiger partial charge in [0.05, 0.1) is 5.56 Å². The van der Waals surface area contributed by atoms with Gasteiger partial charge in [0, 0.05) is 6.54 Å². The third-order valence-electron chi connectivity index (χ3n) is 1.98. The highest BCUT2D eigenvalue weighted by molar-refractivity contribution is 5.49. The molecular weight excluding hydrogens is 276 g/mol. The Morgan fingerprint density at radius 3 is 1.95 bits per heavy atom. The molecule has 108 valence electrons. The molecule has 0 spiro atoms. The maximum absolute atomic E-state index is 12.6. The molecule has 0 saturated heterocycles. The smallest absolute Gasteiger partial charge is 0.370 e. The van der Waals surface area contributed by atoms with Gasteiger partial charge in [0.15, 0.2) is 0 Å². The van der Waals surface area contributed by atoms with Crippen LogP contribution in [-0.2, 0) is 6.18 Å². The lowest BCUT2D eigenvalue weighted by molar-refractivity contribution is -0.137. The first-order chi connectivity index (χ1) is 8.62. The van der Waals surface area contributed by atoms with Crippen LogP contribution < -0.4 is 10.6 Å². The first-order valence-electron chi connectivity index (χ1n) is 5.25. The summed E-state index contributed by atoms with van der Waals surface area (Å²) in [6.45, 7) is 0.477. The van der Waals surface area contributed by atoms with E-state index in [4.69, 9.17) is 0 Å². The van der Waals surface area contributed by atoms with E-state index in [0.29, 0.717) is 12.6 Å². The summed E-state index contributed by atoms with van der Waals surface area (Å²) < 4.78 is 73.7. The van der Waals surface area contributed by atoms with Crippen molar-refractivity contribution in [2.24, 2.45) is 0 Å². The number of aromatic nitrogens is 1. The Balaban J connectivity index is 3.00. The van der Waals surface area contributed by atoms with Gasteiger partial charge >= 0.3 is 12.4 Å². The fourth-order valence-electron chi connectivity index (χ4n) is 1.25. The Morgan fingerprint density at radius 1 is 1.00 bits per heavy atom. The monoisotopic (exact) mass is 287 g/mol. The largest absolute Gasteiger partial charge is 0.416 e. The number of halogens is 6. The van der Waals surface area contributed by atoms with E-state index < -0.39 is 30.3 Å². The number of pyridine rings is 1. The lowest BCUT2D eigenvalue weighted by Gasteiger charge is -2.14. The molecule has 0 aliphatic carbocycles. The van der Waals surface area contributed by atoms with Gasteiger partial charge in [0.1, 0.15) is 18.2 Å². The molecule has 1 aromatic heterocycles. The fourth-order valence-corrected chi connectivity index (χ4v) is 1.25. The molecule has 0 saturated carbocycles. The molecule has 0 atom stereocenters. The molecule has 9 heteroatoms. The second-order valence-corrected chi connectivity index (χ2v) is 3.62. The van der Waals surface area contributed by atoms with Gasteiger partial charge in [-0.15, -0.1) is 0 Å². The van der Waals surface area contributed by atoms with Gasteiger partial charge in [0.25, 0.3) is 0 Å². The van der Waals surface area contributed by atoms with Gasteiger partial charge < -0.3 is 10.6 Å². The summed E-state index contributed by atoms with van der Waals surface area (Å²) in [7, 11) is 0. The van der Waals surface area contributed by atoms with Gasteiger partial charge in [-0.3, -0.25) is 0 Å². The van der Waals surface area contributed by atoms with Crippen LogP contribution in [0.1, 0.15) is 12.5 Å². The van der Waals surface area contributed by atoms with Crippen molar-refractivity contribution in [1.82, 2.24) is 4.98 Å². The molecular formula is C10H11F6N3. The van der Waals surface area contributed by atoms with Crippen LogP contribution in [0.3, 0.4) is 0 Å². The van der Waals surface area contributed by atoms with Gasteiger partial charge in [-0.1, -0.05) is 0 Å². The third kappa shape index (κ3) is 5.23. The van der Waals surface area contributed by atoms with Gasteiger partial charge in [-0.05, 0) is 19.1 Å². The van der Waals surface area contributed by atoms with E-state index in [9.17, 15) is 26.3 Å². The lowest BCUT2D eigenvalue weighted by atomic mass is 10.2. The van der Waals surface area contributed by atoms with E-state index in [0.717, 1.165) is 6.07 Å². The summed E-state index contributed by atoms with van der Waals surface area (Å²) in [6.07, 6.45) is -9.18. The van der Waals surface area contributed by atoms with Crippen molar-refractivity contribution in [3.8, 4) is 0 Å². The minimum Gasteiger partial charge on any atom is -0.370 e. The maximum atomic E-state index is 12.6. The van der Waals surface area contributed by atoms with Gasteiger partial charge in [-0.25, -0.2) is 4.98 Å². The Bertz CT molecular complexity index is 426. The molecule has 0 fully saturated rings. The summed E-state index contributed by atoms with van der Waals surface area (Å²) in [5, 5.41) is 4.34. The Hall–Kier alpha value is -1.67. The Kier molecular flexibility index (Phi) is 4.48. The first kappa shape index (κ1) is 15.4. The molecule has 0 bridgehead atoms. The molecule has 0 amide bonds. The summed E-state index contributed by atoms with van der Waals surface area (Å²) in [4.78, 5) is 3.62. The Morgan fingerprint density at radius 2 is 1.53 bits per heavy atom. The first-order valence-corrected chi connectivity index (χ1v) is 5.25. The molecule has 0 radical (unpaired) electrons. The summed E-state index contributed by atoms with van der Waals surface area (Å²) in [5.74, 6) is -0.620. The zero-order valence-corrected chi connectivity index (χ0v) is 9.78. The zero-order chi connectivity index (χ0) is 14.7. The molecule has 3 nitrogen and oxygen atoms in total. The van der Waals surface area contributed by atoms with Crippen molar-refractivity contribution in [1.29, 1.82) is 0 Å². The molecule has 1 heterocycles. The van der Waals surface area contributed by atoms with Crippen molar-refractivity contribution in [2.75, 3.05) is 23.7 Å². The predicted octanol–water partition coefficient (Wildman–Crippen LogP) is 3.51. The SMILES string of the molecule is CCNc1cc(C(F)(F)F)cc(NCC(F)(F)F)n1. The van der Waals surface area contributed by atoms with Crippen molar-refractivity contribution in [3.05, 3.63) is 17.7 Å². The highest BCUT2D eigenvalue weighted by Crippen LogP contribution is 2.32. The van der Waals surface area contributed by atoms with Crippen LogP contribution in [0, 0.1) is 0 Å². The highest BCUT2D eigenvalue weighted by Gasteiger charge is 2.32. The van der Waals surface area contributed by atoms with E-state index in [1.807, 2.05) is 5.32 Å². The summed E-state index contributed by atoms with van der Waals surface area (Å²) >= 11 is 0. The average molecular weight is 287 g/mol. The van der Waals surface area contributed by atoms with E-state index in [1.54, 1.807) is 6.92 Å². The number of anilines is 2. The minimum absolute atomic E-state index is 0.137. The number of nitrogens with zero attached hydrogens (tertiary/aromatic N) is 1. The average Bonchev–Trinajstić information content (AvgIpc) is 2.24. The normalized spacial score (nSPS) is 12.4. The number of rotatable bonds is 4. The molecule has 0 aromatic carbocycles. The fraction of sp³-hybridized carbons (Fsp3) is 0.500. The van der Waals surface area contributed by atoms with Crippen molar-refractivity contribution in [3.63, 3.8) is 0 Å².